The van der Waals surface area contributed by atoms with Crippen LogP contribution in [0.1, 0.15) is 27.7 Å². The molecule has 0 heterocycles. The summed E-state index contributed by atoms with van der Waals surface area (Å²) in [7, 11) is -0.728. The topological polar surface area (TPSA) is 55.8 Å². The van der Waals surface area contributed by atoms with E-state index in [1.807, 2.05) is 0 Å². The number of esters is 1. The molecular weight excluding hydrogens is 217 g/mol. The van der Waals surface area contributed by atoms with E-state index in [1.54, 1.807) is 34.7 Å². The molecule has 90 valence electrons. The van der Waals surface area contributed by atoms with Crippen LogP contribution in [0.3, 0.4) is 0 Å². The Morgan fingerprint density at radius 1 is 1.40 bits per heavy atom. The molecule has 0 aliphatic heterocycles. The first-order valence-electron chi connectivity index (χ1n) is 5.00. The lowest BCUT2D eigenvalue weighted by molar-refractivity contribution is -0.151. The normalized spacial score (nSPS) is 15.4. The van der Waals surface area contributed by atoms with Gasteiger partial charge < -0.3 is 9.26 Å². The fourth-order valence-electron chi connectivity index (χ4n) is 0.872. The zero-order valence-corrected chi connectivity index (χ0v) is 10.9. The maximum absolute atomic E-state index is 11.5. The van der Waals surface area contributed by atoms with Gasteiger partial charge in [0.05, 0.1) is 12.7 Å². The number of carbonyl (C=O) groups excluding carboxylic acids is 1. The van der Waals surface area contributed by atoms with Crippen molar-refractivity contribution in [2.45, 2.75) is 39.8 Å². The van der Waals surface area contributed by atoms with Gasteiger partial charge in [0.25, 0.3) is 8.18 Å². The third-order valence-electron chi connectivity index (χ3n) is 1.83. The Labute approximate surface area is 91.7 Å². The predicted molar refractivity (Wildman–Crippen MR) is 59.1 cm³/mol. The highest BCUT2D eigenvalue weighted by atomic mass is 31.1. The molecule has 0 bridgehead atoms. The van der Waals surface area contributed by atoms with Crippen LogP contribution in [0.4, 0.5) is 0 Å². The van der Waals surface area contributed by atoms with E-state index in [9.17, 15) is 9.36 Å². The Morgan fingerprint density at radius 3 is 2.33 bits per heavy atom. The second kappa shape index (κ2) is 6.99. The summed E-state index contributed by atoms with van der Waals surface area (Å²) >= 11 is 0. The lowest BCUT2D eigenvalue weighted by atomic mass is 10.3. The van der Waals surface area contributed by atoms with E-state index in [4.69, 9.17) is 9.26 Å². The monoisotopic (exact) mass is 237 g/mol. The number of likely N-dealkylation sites (N-methyl/N-ethyl adjacent to an activating group) is 1. The Hall–Kier alpha value is -0.380. The van der Waals surface area contributed by atoms with Gasteiger partial charge in [0.2, 0.25) is 0 Å². The van der Waals surface area contributed by atoms with Crippen LogP contribution in [0.25, 0.3) is 0 Å². The summed E-state index contributed by atoms with van der Waals surface area (Å²) in [4.78, 5) is 11.5. The summed E-state index contributed by atoms with van der Waals surface area (Å²) in [5.41, 5.74) is 0. The summed E-state index contributed by atoms with van der Waals surface area (Å²) < 4.78 is 22.8. The van der Waals surface area contributed by atoms with Gasteiger partial charge in [0.15, 0.2) is 0 Å². The van der Waals surface area contributed by atoms with Crippen molar-refractivity contribution < 1.29 is 18.6 Å². The summed E-state index contributed by atoms with van der Waals surface area (Å²) in [6.07, 6.45) is -0.164. The minimum atomic E-state index is -2.31. The molecule has 0 amide bonds. The van der Waals surface area contributed by atoms with Crippen molar-refractivity contribution in [3.63, 3.8) is 0 Å². The van der Waals surface area contributed by atoms with Crippen LogP contribution in [-0.2, 0) is 18.6 Å². The minimum Gasteiger partial charge on any atom is -0.462 e. The van der Waals surface area contributed by atoms with Crippen LogP contribution in [0, 0.1) is 0 Å². The lowest BCUT2D eigenvalue weighted by Gasteiger charge is -2.22. The molecule has 0 saturated heterocycles. The van der Waals surface area contributed by atoms with E-state index in [0.717, 1.165) is 0 Å². The third-order valence-corrected chi connectivity index (χ3v) is 3.33. The molecule has 2 unspecified atom stereocenters. The van der Waals surface area contributed by atoms with Gasteiger partial charge in [-0.15, -0.1) is 0 Å². The van der Waals surface area contributed by atoms with E-state index in [-0.39, 0.29) is 12.1 Å². The first-order chi connectivity index (χ1) is 6.90. The van der Waals surface area contributed by atoms with Crippen LogP contribution < -0.4 is 0 Å². The van der Waals surface area contributed by atoms with Gasteiger partial charge in [-0.3, -0.25) is 9.36 Å². The Morgan fingerprint density at radius 2 is 1.93 bits per heavy atom. The first-order valence-corrected chi connectivity index (χ1v) is 6.26. The van der Waals surface area contributed by atoms with Gasteiger partial charge in [-0.1, -0.05) is 0 Å². The molecule has 0 fully saturated rings. The number of nitrogens with zero attached hydrogens (tertiary/aromatic N) is 1. The van der Waals surface area contributed by atoms with Gasteiger partial charge in [-0.2, -0.15) is 0 Å². The summed E-state index contributed by atoms with van der Waals surface area (Å²) in [5.74, 6) is -0.384. The maximum Gasteiger partial charge on any atom is 0.323 e. The van der Waals surface area contributed by atoms with Gasteiger partial charge >= 0.3 is 5.97 Å². The molecule has 0 aliphatic rings. The van der Waals surface area contributed by atoms with E-state index in [0.29, 0.717) is 6.61 Å². The Bertz CT molecular complexity index is 232. The number of hydrogen-bond acceptors (Lipinski definition) is 4. The summed E-state index contributed by atoms with van der Waals surface area (Å²) in [5, 5.41) is 0. The highest BCUT2D eigenvalue weighted by Gasteiger charge is 2.24. The average molecular weight is 237 g/mol. The molecule has 0 aromatic carbocycles. The van der Waals surface area contributed by atoms with Gasteiger partial charge in [0, 0.05) is 0 Å². The van der Waals surface area contributed by atoms with E-state index < -0.39 is 14.2 Å². The molecule has 0 aliphatic carbocycles. The number of hydrogen-bond donors (Lipinski definition) is 0. The van der Waals surface area contributed by atoms with Crippen molar-refractivity contribution >= 4 is 14.1 Å². The zero-order valence-electron chi connectivity index (χ0n) is 9.94. The smallest absolute Gasteiger partial charge is 0.323 e. The van der Waals surface area contributed by atoms with E-state index in [2.05, 4.69) is 0 Å². The third kappa shape index (κ3) is 5.30. The van der Waals surface area contributed by atoms with E-state index >= 15 is 0 Å². The number of carbonyl (C=O) groups is 1. The second-order valence-corrected chi connectivity index (χ2v) is 5.00. The zero-order chi connectivity index (χ0) is 12.0. The lowest BCUT2D eigenvalue weighted by Crippen LogP contribution is -2.34. The molecule has 5 nitrogen and oxygen atoms in total. The highest BCUT2D eigenvalue weighted by Crippen LogP contribution is 2.28. The maximum atomic E-state index is 11.5. The van der Waals surface area contributed by atoms with Crippen LogP contribution in [-0.4, -0.2) is 36.4 Å². The molecule has 0 N–H and O–H groups in total. The van der Waals surface area contributed by atoms with Crippen LogP contribution in [0.15, 0.2) is 0 Å². The molecule has 0 saturated carbocycles. The van der Waals surface area contributed by atoms with Crippen molar-refractivity contribution in [3.05, 3.63) is 0 Å². The Balaban J connectivity index is 4.24. The minimum absolute atomic E-state index is 0.164. The molecule has 0 aromatic heterocycles. The van der Waals surface area contributed by atoms with Gasteiger partial charge in [0.1, 0.15) is 6.04 Å². The molecule has 0 rings (SSSR count). The molecule has 0 aromatic rings. The SMILES string of the molecule is CCO[PH](=O)N(C)C(C)C(=O)OC(C)C. The van der Waals surface area contributed by atoms with Crippen LogP contribution in [0.2, 0.25) is 0 Å². The molecule has 2 atom stereocenters. The van der Waals surface area contributed by atoms with Crippen molar-refractivity contribution in [3.8, 4) is 0 Å². The molecular formula is C9H20NO4P. The summed E-state index contributed by atoms with van der Waals surface area (Å²) in [6.45, 7) is 7.32. The summed E-state index contributed by atoms with van der Waals surface area (Å²) in [6, 6.07) is -0.551. The van der Waals surface area contributed by atoms with Crippen molar-refractivity contribution in [1.82, 2.24) is 4.67 Å². The molecule has 0 spiro atoms. The standard InChI is InChI=1S/C9H20NO4P/c1-6-13-15(12)10(5)8(4)9(11)14-7(2)3/h7-8,15H,6H2,1-5H3. The molecule has 0 radical (unpaired) electrons. The fraction of sp³-hybridized carbons (Fsp3) is 0.889. The van der Waals surface area contributed by atoms with Gasteiger partial charge in [-0.25, -0.2) is 4.67 Å². The number of rotatable bonds is 6. The van der Waals surface area contributed by atoms with E-state index in [1.165, 1.54) is 4.67 Å². The number of ether oxygens (including phenoxy) is 1. The molecule has 15 heavy (non-hydrogen) atoms. The average Bonchev–Trinajstić information content (AvgIpc) is 2.14. The fourth-order valence-corrected chi connectivity index (χ4v) is 1.74. The second-order valence-electron chi connectivity index (χ2n) is 3.47. The highest BCUT2D eigenvalue weighted by molar-refractivity contribution is 7.36. The molecule has 6 heteroatoms. The Kier molecular flexibility index (Phi) is 6.81. The van der Waals surface area contributed by atoms with Crippen molar-refractivity contribution in [2.75, 3.05) is 13.7 Å². The first kappa shape index (κ1) is 14.6. The van der Waals surface area contributed by atoms with Crippen LogP contribution >= 0.6 is 8.18 Å². The quantitative estimate of drug-likeness (QED) is 0.519. The largest absolute Gasteiger partial charge is 0.462 e. The van der Waals surface area contributed by atoms with Crippen LogP contribution in [0.5, 0.6) is 0 Å². The predicted octanol–water partition coefficient (Wildman–Crippen LogP) is 1.68. The van der Waals surface area contributed by atoms with Gasteiger partial charge in [-0.05, 0) is 34.7 Å². The van der Waals surface area contributed by atoms with Crippen molar-refractivity contribution in [1.29, 1.82) is 0 Å². The van der Waals surface area contributed by atoms with Crippen molar-refractivity contribution in [2.24, 2.45) is 0 Å².